The van der Waals surface area contributed by atoms with Crippen LogP contribution in [-0.4, -0.2) is 15.8 Å². The van der Waals surface area contributed by atoms with Crippen molar-refractivity contribution in [3.63, 3.8) is 0 Å². The molecule has 3 rings (SSSR count). The van der Waals surface area contributed by atoms with Gasteiger partial charge < -0.3 is 0 Å². The Kier molecular flexibility index (Phi) is 5.36. The predicted molar refractivity (Wildman–Crippen MR) is 101 cm³/mol. The Morgan fingerprint density at radius 2 is 1.84 bits per heavy atom. The molecule has 0 amide bonds. The highest BCUT2D eigenvalue weighted by atomic mass is 35.5. The average molecular weight is 349 g/mol. The lowest BCUT2D eigenvalue weighted by Crippen LogP contribution is -2.00. The number of hydrogen-bond donors (Lipinski definition) is 0. The molecule has 3 nitrogen and oxygen atoms in total. The first kappa shape index (κ1) is 17.1. The van der Waals surface area contributed by atoms with Gasteiger partial charge in [-0.15, -0.1) is 0 Å². The summed E-state index contributed by atoms with van der Waals surface area (Å²) in [4.78, 5) is 20.2. The molecule has 0 saturated heterocycles. The quantitative estimate of drug-likeness (QED) is 0.479. The lowest BCUT2D eigenvalue weighted by atomic mass is 9.98. The van der Waals surface area contributed by atoms with Crippen LogP contribution in [0.25, 0.3) is 11.3 Å². The molecule has 0 saturated carbocycles. The molecule has 0 unspecified atom stereocenters. The predicted octanol–water partition coefficient (Wildman–Crippen LogP) is 4.69. The van der Waals surface area contributed by atoms with E-state index in [-0.39, 0.29) is 11.1 Å². The summed E-state index contributed by atoms with van der Waals surface area (Å²) in [5, 5.41) is 0.208. The molecule has 124 valence electrons. The lowest BCUT2D eigenvalue weighted by molar-refractivity contribution is -0.114. The van der Waals surface area contributed by atoms with E-state index in [4.69, 9.17) is 11.6 Å². The van der Waals surface area contributed by atoms with Gasteiger partial charge in [0, 0.05) is 30.2 Å². The highest BCUT2D eigenvalue weighted by molar-refractivity contribution is 6.28. The van der Waals surface area contributed by atoms with Crippen LogP contribution in [0, 0.1) is 0 Å². The first-order chi connectivity index (χ1) is 12.2. The largest absolute Gasteiger partial charge is 0.295 e. The topological polar surface area (TPSA) is 42.9 Å². The molecule has 0 atom stereocenters. The molecule has 0 spiro atoms. The van der Waals surface area contributed by atoms with Crippen LogP contribution in [0.1, 0.15) is 16.7 Å². The maximum Gasteiger partial charge on any atom is 0.222 e. The third kappa shape index (κ3) is 4.40. The van der Waals surface area contributed by atoms with E-state index in [1.54, 1.807) is 6.20 Å². The third-order valence-electron chi connectivity index (χ3n) is 3.88. The van der Waals surface area contributed by atoms with Gasteiger partial charge in [-0.1, -0.05) is 55.1 Å². The van der Waals surface area contributed by atoms with Gasteiger partial charge in [0.1, 0.15) is 0 Å². The van der Waals surface area contributed by atoms with E-state index in [0.717, 1.165) is 22.4 Å². The van der Waals surface area contributed by atoms with Gasteiger partial charge in [0.05, 0.1) is 5.69 Å². The van der Waals surface area contributed by atoms with Crippen molar-refractivity contribution in [2.75, 3.05) is 0 Å². The van der Waals surface area contributed by atoms with Gasteiger partial charge in [-0.25, -0.2) is 9.97 Å². The van der Waals surface area contributed by atoms with Crippen molar-refractivity contribution in [3.05, 3.63) is 95.4 Å². The summed E-state index contributed by atoms with van der Waals surface area (Å²) in [5.41, 5.74) is 4.79. The fourth-order valence-electron chi connectivity index (χ4n) is 2.68. The number of aromatic nitrogens is 2. The number of carbonyl (C=O) groups is 1. The van der Waals surface area contributed by atoms with Crippen molar-refractivity contribution >= 4 is 17.4 Å². The van der Waals surface area contributed by atoms with E-state index >= 15 is 0 Å². The van der Waals surface area contributed by atoms with Gasteiger partial charge in [-0.2, -0.15) is 0 Å². The van der Waals surface area contributed by atoms with Crippen LogP contribution in [0.15, 0.2) is 73.4 Å². The summed E-state index contributed by atoms with van der Waals surface area (Å²) in [5.74, 6) is -0.0117. The van der Waals surface area contributed by atoms with Gasteiger partial charge in [-0.05, 0) is 34.9 Å². The number of allylic oxidation sites excluding steroid dienone is 1. The van der Waals surface area contributed by atoms with Crippen LogP contribution in [0.4, 0.5) is 0 Å². The monoisotopic (exact) mass is 348 g/mol. The van der Waals surface area contributed by atoms with E-state index in [0.29, 0.717) is 12.8 Å². The van der Waals surface area contributed by atoms with Crippen LogP contribution >= 0.6 is 11.6 Å². The van der Waals surface area contributed by atoms with Gasteiger partial charge in [0.2, 0.25) is 5.28 Å². The van der Waals surface area contributed by atoms with E-state index in [2.05, 4.69) is 28.7 Å². The average Bonchev–Trinajstić information content (AvgIpc) is 2.64. The third-order valence-corrected chi connectivity index (χ3v) is 4.06. The van der Waals surface area contributed by atoms with Gasteiger partial charge >= 0.3 is 0 Å². The zero-order valence-corrected chi connectivity index (χ0v) is 14.4. The van der Waals surface area contributed by atoms with Crippen molar-refractivity contribution in [3.8, 4) is 11.3 Å². The molecule has 0 N–H and O–H groups in total. The molecule has 1 aromatic heterocycles. The zero-order chi connectivity index (χ0) is 17.6. The van der Waals surface area contributed by atoms with E-state index < -0.39 is 0 Å². The second kappa shape index (κ2) is 7.86. The summed E-state index contributed by atoms with van der Waals surface area (Å²) in [6, 6.07) is 17.9. The Bertz CT molecular complexity index is 907. The van der Waals surface area contributed by atoms with Gasteiger partial charge in [-0.3, -0.25) is 4.79 Å². The molecular weight excluding hydrogens is 332 g/mol. The zero-order valence-electron chi connectivity index (χ0n) is 13.7. The fraction of sp³-hybridized carbons (Fsp3) is 0.0952. The molecule has 0 fully saturated rings. The molecule has 0 radical (unpaired) electrons. The molecule has 0 aliphatic heterocycles. The Morgan fingerprint density at radius 1 is 1.08 bits per heavy atom. The molecule has 0 aliphatic rings. The summed E-state index contributed by atoms with van der Waals surface area (Å²) >= 11 is 6.03. The molecule has 0 bridgehead atoms. The molecule has 3 aromatic rings. The maximum absolute atomic E-state index is 11.6. The summed E-state index contributed by atoms with van der Waals surface area (Å²) < 4.78 is 0. The second-order valence-electron chi connectivity index (χ2n) is 5.72. The minimum atomic E-state index is -0.0117. The van der Waals surface area contributed by atoms with Crippen LogP contribution < -0.4 is 0 Å². The Morgan fingerprint density at radius 3 is 2.60 bits per heavy atom. The molecule has 25 heavy (non-hydrogen) atoms. The van der Waals surface area contributed by atoms with Gasteiger partial charge in [0.15, 0.2) is 5.78 Å². The summed E-state index contributed by atoms with van der Waals surface area (Å²) in [6.45, 7) is 3.52. The van der Waals surface area contributed by atoms with E-state index in [1.807, 2.05) is 42.5 Å². The van der Waals surface area contributed by atoms with Crippen molar-refractivity contribution in [2.24, 2.45) is 0 Å². The summed E-state index contributed by atoms with van der Waals surface area (Å²) in [7, 11) is 0. The number of benzene rings is 2. The molecule has 2 aromatic carbocycles. The highest BCUT2D eigenvalue weighted by Gasteiger charge is 2.11. The van der Waals surface area contributed by atoms with Crippen LogP contribution in [0.3, 0.4) is 0 Å². The van der Waals surface area contributed by atoms with Crippen molar-refractivity contribution in [1.82, 2.24) is 9.97 Å². The number of rotatable bonds is 6. The first-order valence-corrected chi connectivity index (χ1v) is 8.33. The van der Waals surface area contributed by atoms with Crippen LogP contribution in [0.5, 0.6) is 0 Å². The normalized spacial score (nSPS) is 10.4. The minimum absolute atomic E-state index is 0.0117. The lowest BCUT2D eigenvalue weighted by Gasteiger charge is -2.10. The molecule has 4 heteroatoms. The molecule has 1 heterocycles. The van der Waals surface area contributed by atoms with Crippen LogP contribution in [-0.2, 0) is 17.6 Å². The number of ketones is 1. The first-order valence-electron chi connectivity index (χ1n) is 7.95. The Hall–Kier alpha value is -2.78. The SMILES string of the molecule is C=CC(=O)Cc1cccc(-c2nc(Cl)ncc2Cc2ccccc2)c1. The Balaban J connectivity index is 1.98. The number of nitrogens with zero attached hydrogens (tertiary/aromatic N) is 2. The number of carbonyl (C=O) groups excluding carboxylic acids is 1. The second-order valence-corrected chi connectivity index (χ2v) is 6.06. The number of halogens is 1. The fourth-order valence-corrected chi connectivity index (χ4v) is 2.82. The van der Waals surface area contributed by atoms with E-state index in [9.17, 15) is 4.79 Å². The standard InChI is InChI=1S/C21H17ClN2O/c1-2-19(25)13-16-9-6-10-17(12-16)20-18(14-23-21(22)24-20)11-15-7-4-3-5-8-15/h2-10,12,14H,1,11,13H2. The van der Waals surface area contributed by atoms with Crippen LogP contribution in [0.2, 0.25) is 5.28 Å². The minimum Gasteiger partial charge on any atom is -0.295 e. The number of hydrogen-bond acceptors (Lipinski definition) is 3. The van der Waals surface area contributed by atoms with Crippen molar-refractivity contribution in [1.29, 1.82) is 0 Å². The van der Waals surface area contributed by atoms with Gasteiger partial charge in [0.25, 0.3) is 0 Å². The molecular formula is C21H17ClN2O. The molecule has 0 aliphatic carbocycles. The smallest absolute Gasteiger partial charge is 0.222 e. The summed E-state index contributed by atoms with van der Waals surface area (Å²) in [6.07, 6.45) is 4.14. The van der Waals surface area contributed by atoms with Crippen molar-refractivity contribution < 1.29 is 4.79 Å². The van der Waals surface area contributed by atoms with Crippen molar-refractivity contribution in [2.45, 2.75) is 12.8 Å². The van der Waals surface area contributed by atoms with E-state index in [1.165, 1.54) is 11.6 Å². The maximum atomic E-state index is 11.6. The highest BCUT2D eigenvalue weighted by Crippen LogP contribution is 2.25. The Labute approximate surface area is 152 Å².